The second-order valence-corrected chi connectivity index (χ2v) is 5.27. The van der Waals surface area contributed by atoms with Gasteiger partial charge in [-0.2, -0.15) is 0 Å². The van der Waals surface area contributed by atoms with Gasteiger partial charge < -0.3 is 15.3 Å². The van der Waals surface area contributed by atoms with Crippen molar-refractivity contribution in [1.29, 1.82) is 0 Å². The van der Waals surface area contributed by atoms with Gasteiger partial charge in [0, 0.05) is 20.0 Å². The number of carbonyl (C=O) groups excluding carboxylic acids is 1. The van der Waals surface area contributed by atoms with Crippen molar-refractivity contribution in [1.82, 2.24) is 4.98 Å². The minimum atomic E-state index is -1.03. The molecule has 108 valence electrons. The van der Waals surface area contributed by atoms with E-state index in [2.05, 4.69) is 17.2 Å². The molecule has 0 bridgehead atoms. The zero-order valence-electron chi connectivity index (χ0n) is 11.7. The molecule has 1 aromatic heterocycles. The molecule has 1 aliphatic rings. The van der Waals surface area contributed by atoms with Crippen LogP contribution in [0.3, 0.4) is 0 Å². The van der Waals surface area contributed by atoms with Crippen LogP contribution in [0.1, 0.15) is 37.0 Å². The number of rotatable bonds is 3. The Kier molecular flexibility index (Phi) is 4.22. The van der Waals surface area contributed by atoms with Crippen molar-refractivity contribution in [2.45, 2.75) is 26.7 Å². The summed E-state index contributed by atoms with van der Waals surface area (Å²) in [4.78, 5) is 28.7. The molecule has 1 atom stereocenters. The summed E-state index contributed by atoms with van der Waals surface area (Å²) in [6, 6.07) is 1.46. The van der Waals surface area contributed by atoms with Crippen LogP contribution in [0.5, 0.6) is 0 Å². The maximum atomic E-state index is 11.4. The van der Waals surface area contributed by atoms with E-state index in [0.29, 0.717) is 17.4 Å². The van der Waals surface area contributed by atoms with Gasteiger partial charge in [-0.15, -0.1) is 0 Å². The van der Waals surface area contributed by atoms with Gasteiger partial charge in [-0.1, -0.05) is 6.92 Å². The van der Waals surface area contributed by atoms with Gasteiger partial charge in [-0.25, -0.2) is 9.78 Å². The smallest absolute Gasteiger partial charge is 0.339 e. The maximum absolute atomic E-state index is 11.4. The predicted molar refractivity (Wildman–Crippen MR) is 76.1 cm³/mol. The molecule has 0 unspecified atom stereocenters. The van der Waals surface area contributed by atoms with Crippen LogP contribution in [0, 0.1) is 5.92 Å². The van der Waals surface area contributed by atoms with Crippen molar-refractivity contribution in [3.05, 3.63) is 17.8 Å². The average molecular weight is 277 g/mol. The van der Waals surface area contributed by atoms with Crippen molar-refractivity contribution < 1.29 is 14.7 Å². The van der Waals surface area contributed by atoms with Gasteiger partial charge in [0.15, 0.2) is 0 Å². The van der Waals surface area contributed by atoms with E-state index in [1.54, 1.807) is 0 Å². The molecule has 6 heteroatoms. The van der Waals surface area contributed by atoms with Crippen molar-refractivity contribution in [2.75, 3.05) is 23.3 Å². The van der Waals surface area contributed by atoms with E-state index >= 15 is 0 Å². The predicted octanol–water partition coefficient (Wildman–Crippen LogP) is 1.97. The van der Waals surface area contributed by atoms with Gasteiger partial charge in [-0.3, -0.25) is 4.79 Å². The van der Waals surface area contributed by atoms with Crippen LogP contribution >= 0.6 is 0 Å². The summed E-state index contributed by atoms with van der Waals surface area (Å²) < 4.78 is 0. The fourth-order valence-corrected chi connectivity index (χ4v) is 2.52. The van der Waals surface area contributed by atoms with E-state index < -0.39 is 5.97 Å². The van der Waals surface area contributed by atoms with Crippen LogP contribution in [0.25, 0.3) is 0 Å². The molecule has 1 fully saturated rings. The molecule has 1 amide bonds. The van der Waals surface area contributed by atoms with Crippen LogP contribution in [-0.2, 0) is 4.79 Å². The summed E-state index contributed by atoms with van der Waals surface area (Å²) in [6.45, 7) is 5.16. The topological polar surface area (TPSA) is 82.5 Å². The number of carbonyl (C=O) groups is 2. The molecular weight excluding hydrogens is 258 g/mol. The molecule has 1 aromatic rings. The molecule has 0 aliphatic carbocycles. The summed E-state index contributed by atoms with van der Waals surface area (Å²) in [5.41, 5.74) is 0.536. The summed E-state index contributed by atoms with van der Waals surface area (Å²) in [6.07, 6.45) is 3.70. The Hall–Kier alpha value is -2.11. The molecular formula is C14H19N3O3. The van der Waals surface area contributed by atoms with Crippen LogP contribution in [0.4, 0.5) is 11.5 Å². The third-order valence-corrected chi connectivity index (χ3v) is 3.37. The highest BCUT2D eigenvalue weighted by Gasteiger charge is 2.23. The molecule has 0 aromatic carbocycles. The van der Waals surface area contributed by atoms with Crippen molar-refractivity contribution >= 4 is 23.4 Å². The van der Waals surface area contributed by atoms with E-state index in [1.807, 2.05) is 4.90 Å². The lowest BCUT2D eigenvalue weighted by atomic mass is 10.00. The Morgan fingerprint density at radius 1 is 1.50 bits per heavy atom. The number of pyridine rings is 1. The summed E-state index contributed by atoms with van der Waals surface area (Å²) in [5, 5.41) is 11.9. The van der Waals surface area contributed by atoms with Crippen molar-refractivity contribution in [3.8, 4) is 0 Å². The first kappa shape index (κ1) is 14.3. The monoisotopic (exact) mass is 277 g/mol. The Morgan fingerprint density at radius 3 is 2.85 bits per heavy atom. The number of aromatic carboxylic acids is 1. The van der Waals surface area contributed by atoms with E-state index in [-0.39, 0.29) is 11.5 Å². The molecule has 1 aliphatic heterocycles. The number of hydrogen-bond acceptors (Lipinski definition) is 4. The highest BCUT2D eigenvalue weighted by Crippen LogP contribution is 2.26. The summed E-state index contributed by atoms with van der Waals surface area (Å²) >= 11 is 0. The molecule has 6 nitrogen and oxygen atoms in total. The standard InChI is InChI=1S/C14H19N3O3/c1-9-4-3-5-17(8-9)13-12(14(19)20)6-11(7-15-13)16-10(2)18/h6-7,9H,3-5,8H2,1-2H3,(H,16,18)(H,19,20)/t9-/m1/s1. The van der Waals surface area contributed by atoms with Crippen molar-refractivity contribution in [2.24, 2.45) is 5.92 Å². The fraction of sp³-hybridized carbons (Fsp3) is 0.500. The van der Waals surface area contributed by atoms with Gasteiger partial charge in [-0.05, 0) is 24.8 Å². The van der Waals surface area contributed by atoms with E-state index in [1.165, 1.54) is 19.2 Å². The maximum Gasteiger partial charge on any atom is 0.339 e. The van der Waals surface area contributed by atoms with Crippen LogP contribution in [0.2, 0.25) is 0 Å². The molecule has 20 heavy (non-hydrogen) atoms. The molecule has 0 spiro atoms. The lowest BCUT2D eigenvalue weighted by Crippen LogP contribution is -2.36. The Labute approximate surface area is 117 Å². The van der Waals surface area contributed by atoms with E-state index in [4.69, 9.17) is 0 Å². The summed E-state index contributed by atoms with van der Waals surface area (Å²) in [7, 11) is 0. The molecule has 2 heterocycles. The zero-order valence-corrected chi connectivity index (χ0v) is 11.7. The number of anilines is 2. The van der Waals surface area contributed by atoms with Gasteiger partial charge in [0.25, 0.3) is 0 Å². The van der Waals surface area contributed by atoms with Crippen molar-refractivity contribution in [3.63, 3.8) is 0 Å². The number of nitrogens with zero attached hydrogens (tertiary/aromatic N) is 2. The first-order valence-electron chi connectivity index (χ1n) is 6.73. The van der Waals surface area contributed by atoms with Crippen LogP contribution in [0.15, 0.2) is 12.3 Å². The second kappa shape index (κ2) is 5.90. The minimum absolute atomic E-state index is 0.130. The number of hydrogen-bond donors (Lipinski definition) is 2. The number of amides is 1. The minimum Gasteiger partial charge on any atom is -0.478 e. The Morgan fingerprint density at radius 2 is 2.25 bits per heavy atom. The molecule has 0 radical (unpaired) electrons. The van der Waals surface area contributed by atoms with Crippen LogP contribution in [-0.4, -0.2) is 35.1 Å². The third-order valence-electron chi connectivity index (χ3n) is 3.37. The number of carboxylic acid groups (broad SMARTS) is 1. The number of aromatic nitrogens is 1. The highest BCUT2D eigenvalue weighted by molar-refractivity contribution is 5.96. The molecule has 1 saturated heterocycles. The van der Waals surface area contributed by atoms with Gasteiger partial charge in [0.05, 0.1) is 11.9 Å². The van der Waals surface area contributed by atoms with Crippen LogP contribution < -0.4 is 10.2 Å². The van der Waals surface area contributed by atoms with E-state index in [9.17, 15) is 14.7 Å². The first-order chi connectivity index (χ1) is 9.47. The number of carboxylic acids is 1. The molecule has 2 N–H and O–H groups in total. The normalized spacial score (nSPS) is 18.7. The largest absolute Gasteiger partial charge is 0.478 e. The second-order valence-electron chi connectivity index (χ2n) is 5.27. The Balaban J connectivity index is 2.32. The highest BCUT2D eigenvalue weighted by atomic mass is 16.4. The first-order valence-corrected chi connectivity index (χ1v) is 6.73. The third kappa shape index (κ3) is 3.26. The van der Waals surface area contributed by atoms with Gasteiger partial charge in [0.1, 0.15) is 11.4 Å². The lowest BCUT2D eigenvalue weighted by molar-refractivity contribution is -0.114. The van der Waals surface area contributed by atoms with Gasteiger partial charge in [0.2, 0.25) is 5.91 Å². The summed E-state index contributed by atoms with van der Waals surface area (Å²) in [5.74, 6) is -0.263. The van der Waals surface area contributed by atoms with Gasteiger partial charge >= 0.3 is 5.97 Å². The zero-order chi connectivity index (χ0) is 14.7. The molecule has 0 saturated carbocycles. The SMILES string of the molecule is CC(=O)Nc1cnc(N2CCC[C@@H](C)C2)c(C(=O)O)c1. The Bertz CT molecular complexity index is 530. The van der Waals surface area contributed by atoms with E-state index in [0.717, 1.165) is 25.9 Å². The number of nitrogens with one attached hydrogen (secondary N) is 1. The quantitative estimate of drug-likeness (QED) is 0.882. The lowest BCUT2D eigenvalue weighted by Gasteiger charge is -2.32. The average Bonchev–Trinajstić information content (AvgIpc) is 2.37. The fourth-order valence-electron chi connectivity index (χ4n) is 2.52. The molecule has 2 rings (SSSR count). The number of piperidine rings is 1.